The second-order valence-electron chi connectivity index (χ2n) is 5.47. The highest BCUT2D eigenvalue weighted by atomic mass is 19.1. The first-order valence-electron chi connectivity index (χ1n) is 6.82. The van der Waals surface area contributed by atoms with Crippen molar-refractivity contribution in [3.63, 3.8) is 0 Å². The van der Waals surface area contributed by atoms with Crippen LogP contribution in [0.4, 0.5) is 4.39 Å². The molecule has 2 atom stereocenters. The quantitative estimate of drug-likeness (QED) is 0.707. The van der Waals surface area contributed by atoms with Gasteiger partial charge in [-0.05, 0) is 36.5 Å². The molecule has 0 fully saturated rings. The van der Waals surface area contributed by atoms with Crippen LogP contribution in [0.3, 0.4) is 0 Å². The van der Waals surface area contributed by atoms with E-state index in [2.05, 4.69) is 5.32 Å². The number of carbonyl (C=O) groups excluding carboxylic acids is 1. The average molecular weight is 296 g/mol. The van der Waals surface area contributed by atoms with Crippen LogP contribution in [0.15, 0.2) is 24.3 Å². The summed E-state index contributed by atoms with van der Waals surface area (Å²) in [5, 5.41) is 11.5. The third-order valence-electron chi connectivity index (χ3n) is 3.03. The number of aliphatic carboxylic acids is 1. The molecule has 0 aliphatic heterocycles. The van der Waals surface area contributed by atoms with E-state index >= 15 is 0 Å². The molecule has 21 heavy (non-hydrogen) atoms. The first-order chi connectivity index (χ1) is 9.79. The fraction of sp³-hybridized carbons (Fsp3) is 0.467. The molecule has 1 aromatic carbocycles. The van der Waals surface area contributed by atoms with E-state index in [4.69, 9.17) is 10.8 Å². The highest BCUT2D eigenvalue weighted by molar-refractivity contribution is 5.86. The highest BCUT2D eigenvalue weighted by Gasteiger charge is 2.24. The third-order valence-corrected chi connectivity index (χ3v) is 3.03. The summed E-state index contributed by atoms with van der Waals surface area (Å²) < 4.78 is 12.8. The van der Waals surface area contributed by atoms with E-state index in [0.717, 1.165) is 5.56 Å². The molecule has 6 heteroatoms. The number of carboxylic acids is 1. The van der Waals surface area contributed by atoms with Gasteiger partial charge in [-0.25, -0.2) is 9.18 Å². The molecule has 0 aliphatic rings. The highest BCUT2D eigenvalue weighted by Crippen LogP contribution is 2.07. The molecule has 116 valence electrons. The van der Waals surface area contributed by atoms with E-state index < -0.39 is 24.0 Å². The predicted molar refractivity (Wildman–Crippen MR) is 77.1 cm³/mol. The number of benzene rings is 1. The summed E-state index contributed by atoms with van der Waals surface area (Å²) in [7, 11) is 0. The van der Waals surface area contributed by atoms with E-state index in [-0.39, 0.29) is 18.2 Å². The zero-order valence-electron chi connectivity index (χ0n) is 12.2. The lowest BCUT2D eigenvalue weighted by atomic mass is 10.0. The fourth-order valence-electron chi connectivity index (χ4n) is 1.94. The minimum Gasteiger partial charge on any atom is -0.480 e. The molecule has 1 aromatic rings. The summed E-state index contributed by atoms with van der Waals surface area (Å²) in [6, 6.07) is 3.86. The van der Waals surface area contributed by atoms with Gasteiger partial charge in [0.1, 0.15) is 11.9 Å². The van der Waals surface area contributed by atoms with Crippen LogP contribution in [0.2, 0.25) is 0 Å². The Kier molecular flexibility index (Phi) is 6.30. The smallest absolute Gasteiger partial charge is 0.326 e. The molecule has 5 nitrogen and oxygen atoms in total. The fourth-order valence-corrected chi connectivity index (χ4v) is 1.94. The van der Waals surface area contributed by atoms with Crippen molar-refractivity contribution in [2.24, 2.45) is 11.7 Å². The van der Waals surface area contributed by atoms with Crippen molar-refractivity contribution in [1.82, 2.24) is 5.32 Å². The van der Waals surface area contributed by atoms with Crippen LogP contribution in [-0.2, 0) is 16.0 Å². The van der Waals surface area contributed by atoms with Gasteiger partial charge in [-0.15, -0.1) is 0 Å². The van der Waals surface area contributed by atoms with E-state index in [0.29, 0.717) is 6.42 Å². The summed E-state index contributed by atoms with van der Waals surface area (Å²) in [4.78, 5) is 23.0. The van der Waals surface area contributed by atoms with Gasteiger partial charge in [0.2, 0.25) is 5.91 Å². The van der Waals surface area contributed by atoms with Crippen LogP contribution in [0, 0.1) is 11.7 Å². The maximum Gasteiger partial charge on any atom is 0.326 e. The van der Waals surface area contributed by atoms with Crippen LogP contribution >= 0.6 is 0 Å². The molecule has 1 amide bonds. The lowest BCUT2D eigenvalue weighted by Crippen LogP contribution is -2.49. The second kappa shape index (κ2) is 7.73. The van der Waals surface area contributed by atoms with Crippen molar-refractivity contribution in [3.05, 3.63) is 35.6 Å². The molecule has 0 unspecified atom stereocenters. The normalized spacial score (nSPS) is 13.8. The predicted octanol–water partition coefficient (Wildman–Crippen LogP) is 1.31. The van der Waals surface area contributed by atoms with Gasteiger partial charge in [0.15, 0.2) is 0 Å². The zero-order valence-corrected chi connectivity index (χ0v) is 12.2. The van der Waals surface area contributed by atoms with Gasteiger partial charge in [0, 0.05) is 0 Å². The Labute approximate surface area is 123 Å². The van der Waals surface area contributed by atoms with Crippen molar-refractivity contribution >= 4 is 11.9 Å². The molecule has 1 rings (SSSR count). The van der Waals surface area contributed by atoms with Gasteiger partial charge in [-0.2, -0.15) is 0 Å². The topological polar surface area (TPSA) is 92.4 Å². The van der Waals surface area contributed by atoms with Crippen molar-refractivity contribution in [2.75, 3.05) is 0 Å². The first-order valence-corrected chi connectivity index (χ1v) is 6.82. The lowest BCUT2D eigenvalue weighted by Gasteiger charge is -2.19. The number of nitrogens with two attached hydrogens (primary N) is 1. The number of nitrogens with one attached hydrogen (secondary N) is 1. The van der Waals surface area contributed by atoms with E-state index in [1.165, 1.54) is 12.1 Å². The van der Waals surface area contributed by atoms with Gasteiger partial charge in [-0.1, -0.05) is 26.0 Å². The maximum atomic E-state index is 12.8. The van der Waals surface area contributed by atoms with Gasteiger partial charge in [0.25, 0.3) is 0 Å². The number of carboxylic acid groups (broad SMARTS) is 1. The molecule has 0 bridgehead atoms. The van der Waals surface area contributed by atoms with Gasteiger partial charge in [-0.3, -0.25) is 4.79 Å². The molecule has 0 saturated heterocycles. The van der Waals surface area contributed by atoms with Crippen LogP contribution in [-0.4, -0.2) is 29.1 Å². The van der Waals surface area contributed by atoms with E-state index in [1.807, 2.05) is 13.8 Å². The summed E-state index contributed by atoms with van der Waals surface area (Å²) in [5.41, 5.74) is 6.49. The Morgan fingerprint density at radius 3 is 2.33 bits per heavy atom. The van der Waals surface area contributed by atoms with Crippen molar-refractivity contribution in [3.8, 4) is 0 Å². The van der Waals surface area contributed by atoms with E-state index in [9.17, 15) is 14.0 Å². The van der Waals surface area contributed by atoms with Crippen molar-refractivity contribution in [2.45, 2.75) is 38.8 Å². The Morgan fingerprint density at radius 2 is 1.86 bits per heavy atom. The Morgan fingerprint density at radius 1 is 1.29 bits per heavy atom. The number of hydrogen-bond acceptors (Lipinski definition) is 3. The zero-order chi connectivity index (χ0) is 16.0. The number of rotatable bonds is 7. The summed E-state index contributed by atoms with van der Waals surface area (Å²) in [6.45, 7) is 3.75. The first kappa shape index (κ1) is 17.1. The van der Waals surface area contributed by atoms with Gasteiger partial charge in [0.05, 0.1) is 6.04 Å². The minimum atomic E-state index is -1.08. The van der Waals surface area contributed by atoms with Gasteiger partial charge < -0.3 is 16.2 Å². The largest absolute Gasteiger partial charge is 0.480 e. The Balaban J connectivity index is 2.60. The SMILES string of the molecule is CC(C)C[C@H](NC(=O)[C@@H](N)Cc1ccc(F)cc1)C(=O)O. The maximum absolute atomic E-state index is 12.8. The standard InChI is InChI=1S/C15H21FN2O3/c1-9(2)7-13(15(20)21)18-14(19)12(17)8-10-3-5-11(16)6-4-10/h3-6,9,12-13H,7-8,17H2,1-2H3,(H,18,19)(H,20,21)/t12-,13-/m0/s1. The molecule has 0 aromatic heterocycles. The Bertz CT molecular complexity index is 488. The van der Waals surface area contributed by atoms with Crippen LogP contribution < -0.4 is 11.1 Å². The van der Waals surface area contributed by atoms with E-state index in [1.54, 1.807) is 12.1 Å². The van der Waals surface area contributed by atoms with Crippen molar-refractivity contribution in [1.29, 1.82) is 0 Å². The van der Waals surface area contributed by atoms with Crippen LogP contribution in [0.5, 0.6) is 0 Å². The molecule has 4 N–H and O–H groups in total. The summed E-state index contributed by atoms with van der Waals surface area (Å²) in [5.74, 6) is -1.82. The third kappa shape index (κ3) is 5.91. The number of amides is 1. The molecular weight excluding hydrogens is 275 g/mol. The average Bonchev–Trinajstić information content (AvgIpc) is 2.39. The molecule has 0 heterocycles. The van der Waals surface area contributed by atoms with Gasteiger partial charge >= 0.3 is 5.97 Å². The molecule has 0 saturated carbocycles. The summed E-state index contributed by atoms with van der Waals surface area (Å²) in [6.07, 6.45) is 0.560. The monoisotopic (exact) mass is 296 g/mol. The summed E-state index contributed by atoms with van der Waals surface area (Å²) >= 11 is 0. The number of hydrogen-bond donors (Lipinski definition) is 3. The second-order valence-corrected chi connectivity index (χ2v) is 5.47. The molecule has 0 radical (unpaired) electrons. The lowest BCUT2D eigenvalue weighted by molar-refractivity contribution is -0.142. The van der Waals surface area contributed by atoms with Crippen LogP contribution in [0.1, 0.15) is 25.8 Å². The molecule has 0 aliphatic carbocycles. The number of carbonyl (C=O) groups is 2. The number of halogens is 1. The van der Waals surface area contributed by atoms with Crippen LogP contribution in [0.25, 0.3) is 0 Å². The van der Waals surface area contributed by atoms with Crippen molar-refractivity contribution < 1.29 is 19.1 Å². The Hall–Kier alpha value is -1.95. The molecular formula is C15H21FN2O3. The molecule has 0 spiro atoms. The minimum absolute atomic E-state index is 0.139.